The van der Waals surface area contributed by atoms with Gasteiger partial charge in [0, 0.05) is 11.5 Å². The summed E-state index contributed by atoms with van der Waals surface area (Å²) in [5.74, 6) is -0.696. The van der Waals surface area contributed by atoms with E-state index < -0.39 is 23.6 Å². The molecule has 0 aliphatic heterocycles. The number of hydrogen-bond donors (Lipinski definition) is 0. The van der Waals surface area contributed by atoms with Crippen LogP contribution in [0.15, 0.2) is 78.9 Å². The average Bonchev–Trinajstić information content (AvgIpc) is 2.94. The van der Waals surface area contributed by atoms with Crippen LogP contribution < -0.4 is 4.74 Å². The van der Waals surface area contributed by atoms with E-state index in [0.717, 1.165) is 37.7 Å². The first-order valence-electron chi connectivity index (χ1n) is 13.6. The van der Waals surface area contributed by atoms with E-state index in [-0.39, 0.29) is 18.3 Å². The van der Waals surface area contributed by atoms with E-state index in [1.807, 2.05) is 36.4 Å². The van der Waals surface area contributed by atoms with Gasteiger partial charge in [0.15, 0.2) is 12.7 Å². The van der Waals surface area contributed by atoms with Crippen LogP contribution in [0.3, 0.4) is 0 Å². The van der Waals surface area contributed by atoms with Gasteiger partial charge < -0.3 is 14.2 Å². The summed E-state index contributed by atoms with van der Waals surface area (Å²) in [5, 5.41) is 0. The number of ether oxygens (including phenoxy) is 3. The Bertz CT molecular complexity index is 1280. The Labute approximate surface area is 230 Å². The van der Waals surface area contributed by atoms with Gasteiger partial charge in [0.1, 0.15) is 11.4 Å². The Morgan fingerprint density at radius 2 is 1.54 bits per heavy atom. The molecule has 0 heterocycles. The fraction of sp³-hybridized carbons (Fsp3) is 0.364. The molecule has 3 aromatic rings. The van der Waals surface area contributed by atoms with Gasteiger partial charge in [0.2, 0.25) is 5.78 Å². The number of Topliss-reactive ketones (excluding diaryl/α,β-unsaturated/α-hetero) is 1. The Morgan fingerprint density at radius 1 is 0.846 bits per heavy atom. The first-order chi connectivity index (χ1) is 18.7. The molecular weight excluding hydrogens is 492 g/mol. The number of benzene rings is 3. The molecule has 0 saturated heterocycles. The predicted octanol–water partition coefficient (Wildman–Crippen LogP) is 7.06. The molecule has 1 fully saturated rings. The molecule has 6 nitrogen and oxygen atoms in total. The molecule has 1 aliphatic carbocycles. The lowest BCUT2D eigenvalue weighted by Gasteiger charge is -2.29. The zero-order valence-corrected chi connectivity index (χ0v) is 22.9. The molecule has 1 unspecified atom stereocenters. The van der Waals surface area contributed by atoms with Gasteiger partial charge in [-0.15, -0.1) is 0 Å². The highest BCUT2D eigenvalue weighted by Gasteiger charge is 2.34. The van der Waals surface area contributed by atoms with E-state index in [1.165, 1.54) is 0 Å². The summed E-state index contributed by atoms with van der Waals surface area (Å²) < 4.78 is 17.0. The molecule has 0 N–H and O–H groups in total. The van der Waals surface area contributed by atoms with Crippen molar-refractivity contribution in [3.8, 4) is 16.9 Å². The van der Waals surface area contributed by atoms with E-state index >= 15 is 0 Å². The fourth-order valence-corrected chi connectivity index (χ4v) is 4.93. The van der Waals surface area contributed by atoms with E-state index in [2.05, 4.69) is 0 Å². The zero-order chi connectivity index (χ0) is 27.8. The molecular formula is C33H36O6. The molecule has 1 saturated carbocycles. The molecule has 0 aromatic heterocycles. The summed E-state index contributed by atoms with van der Waals surface area (Å²) in [6.45, 7) is 5.17. The normalized spacial score (nSPS) is 14.7. The number of carbonyl (C=O) groups excluding carboxylic acids is 3. The molecule has 39 heavy (non-hydrogen) atoms. The van der Waals surface area contributed by atoms with Gasteiger partial charge in [-0.2, -0.15) is 0 Å². The SMILES string of the molecule is CC(C)(C)OC(=O)COc1cccc(-c2ccccc2C(=O)OC(C(=O)c2ccccc2)C2CCCCC2)c1. The number of esters is 2. The maximum absolute atomic E-state index is 13.6. The van der Waals surface area contributed by atoms with Crippen LogP contribution in [0.5, 0.6) is 5.75 Å². The molecule has 1 atom stereocenters. The van der Waals surface area contributed by atoms with Crippen molar-refractivity contribution in [2.45, 2.75) is 64.6 Å². The second-order valence-electron chi connectivity index (χ2n) is 10.9. The first-order valence-corrected chi connectivity index (χ1v) is 13.6. The topological polar surface area (TPSA) is 78.9 Å². The summed E-state index contributed by atoms with van der Waals surface area (Å²) in [5.41, 5.74) is 1.69. The van der Waals surface area contributed by atoms with E-state index in [1.54, 1.807) is 63.2 Å². The summed E-state index contributed by atoms with van der Waals surface area (Å²) in [7, 11) is 0. The maximum atomic E-state index is 13.6. The summed E-state index contributed by atoms with van der Waals surface area (Å²) in [6, 6.07) is 23.4. The number of hydrogen-bond acceptors (Lipinski definition) is 6. The number of carbonyl (C=O) groups is 3. The molecule has 3 aromatic carbocycles. The molecule has 4 rings (SSSR count). The maximum Gasteiger partial charge on any atom is 0.344 e. The highest BCUT2D eigenvalue weighted by Crippen LogP contribution is 2.32. The lowest BCUT2D eigenvalue weighted by atomic mass is 9.82. The van der Waals surface area contributed by atoms with Gasteiger partial charge >= 0.3 is 11.9 Å². The van der Waals surface area contributed by atoms with Crippen molar-refractivity contribution in [3.63, 3.8) is 0 Å². The van der Waals surface area contributed by atoms with E-state index in [4.69, 9.17) is 14.2 Å². The Kier molecular flexibility index (Phi) is 9.18. The van der Waals surface area contributed by atoms with Gasteiger partial charge in [-0.25, -0.2) is 9.59 Å². The number of rotatable bonds is 9. The van der Waals surface area contributed by atoms with Crippen LogP contribution >= 0.6 is 0 Å². The van der Waals surface area contributed by atoms with Crippen molar-refractivity contribution >= 4 is 17.7 Å². The predicted molar refractivity (Wildman–Crippen MR) is 150 cm³/mol. The molecule has 0 radical (unpaired) electrons. The van der Waals surface area contributed by atoms with Gasteiger partial charge in [0.25, 0.3) is 0 Å². The minimum absolute atomic E-state index is 0.00727. The Balaban J connectivity index is 1.55. The van der Waals surface area contributed by atoms with Gasteiger partial charge in [-0.1, -0.05) is 79.9 Å². The van der Waals surface area contributed by atoms with Crippen LogP contribution in [0.4, 0.5) is 0 Å². The van der Waals surface area contributed by atoms with Crippen molar-refractivity contribution in [3.05, 3.63) is 90.0 Å². The number of ketones is 1. The first kappa shape index (κ1) is 28.1. The minimum atomic E-state index is -0.836. The van der Waals surface area contributed by atoms with Crippen LogP contribution in [-0.4, -0.2) is 36.0 Å². The molecule has 204 valence electrons. The smallest absolute Gasteiger partial charge is 0.344 e. The quantitative estimate of drug-likeness (QED) is 0.218. The monoisotopic (exact) mass is 528 g/mol. The molecule has 0 spiro atoms. The lowest BCUT2D eigenvalue weighted by Crippen LogP contribution is -2.36. The standard InChI is InChI=1S/C33H36O6/c1-33(2,3)39-29(34)22-37-26-18-12-17-25(21-26)27-19-10-11-20-28(27)32(36)38-31(24-15-8-5-9-16-24)30(35)23-13-6-4-7-14-23/h4,6-7,10-14,17-21,24,31H,5,8-9,15-16,22H2,1-3H3. The lowest BCUT2D eigenvalue weighted by molar-refractivity contribution is -0.157. The van der Waals surface area contributed by atoms with Crippen LogP contribution in [-0.2, 0) is 14.3 Å². The highest BCUT2D eigenvalue weighted by atomic mass is 16.6. The van der Waals surface area contributed by atoms with Crippen molar-refractivity contribution in [1.82, 2.24) is 0 Å². The molecule has 0 amide bonds. The summed E-state index contributed by atoms with van der Waals surface area (Å²) >= 11 is 0. The Morgan fingerprint density at radius 3 is 2.26 bits per heavy atom. The Hall–Kier alpha value is -3.93. The van der Waals surface area contributed by atoms with Crippen molar-refractivity contribution in [1.29, 1.82) is 0 Å². The van der Waals surface area contributed by atoms with E-state index in [0.29, 0.717) is 22.4 Å². The summed E-state index contributed by atoms with van der Waals surface area (Å²) in [4.78, 5) is 39.2. The van der Waals surface area contributed by atoms with Crippen LogP contribution in [0.1, 0.15) is 73.6 Å². The third-order valence-corrected chi connectivity index (χ3v) is 6.70. The fourth-order valence-electron chi connectivity index (χ4n) is 4.93. The zero-order valence-electron chi connectivity index (χ0n) is 22.9. The highest BCUT2D eigenvalue weighted by molar-refractivity contribution is 6.03. The second kappa shape index (κ2) is 12.7. The van der Waals surface area contributed by atoms with Crippen molar-refractivity contribution in [2.75, 3.05) is 6.61 Å². The molecule has 1 aliphatic rings. The van der Waals surface area contributed by atoms with Crippen LogP contribution in [0.25, 0.3) is 11.1 Å². The van der Waals surface area contributed by atoms with Crippen LogP contribution in [0, 0.1) is 5.92 Å². The minimum Gasteiger partial charge on any atom is -0.482 e. The average molecular weight is 529 g/mol. The van der Waals surface area contributed by atoms with Gasteiger partial charge in [-0.3, -0.25) is 4.79 Å². The van der Waals surface area contributed by atoms with Crippen LogP contribution in [0.2, 0.25) is 0 Å². The van der Waals surface area contributed by atoms with Crippen molar-refractivity contribution < 1.29 is 28.6 Å². The third kappa shape index (κ3) is 7.79. The molecule has 6 heteroatoms. The van der Waals surface area contributed by atoms with Crippen molar-refractivity contribution in [2.24, 2.45) is 5.92 Å². The molecule has 0 bridgehead atoms. The largest absolute Gasteiger partial charge is 0.482 e. The van der Waals surface area contributed by atoms with Gasteiger partial charge in [-0.05, 0) is 62.9 Å². The second-order valence-corrected chi connectivity index (χ2v) is 10.9. The third-order valence-electron chi connectivity index (χ3n) is 6.70. The van der Waals surface area contributed by atoms with E-state index in [9.17, 15) is 14.4 Å². The van der Waals surface area contributed by atoms with Gasteiger partial charge in [0.05, 0.1) is 5.56 Å². The summed E-state index contributed by atoms with van der Waals surface area (Å²) in [6.07, 6.45) is 4.05.